The number of carbonyl (C=O) groups is 1. The molecule has 0 atom stereocenters. The van der Waals surface area contributed by atoms with Crippen molar-refractivity contribution in [2.75, 3.05) is 45.9 Å². The van der Waals surface area contributed by atoms with Crippen molar-refractivity contribution < 1.29 is 9.53 Å². The zero-order valence-electron chi connectivity index (χ0n) is 13.7. The third-order valence-electron chi connectivity index (χ3n) is 4.68. The van der Waals surface area contributed by atoms with E-state index in [0.717, 1.165) is 52.2 Å². The van der Waals surface area contributed by atoms with E-state index in [9.17, 15) is 4.79 Å². The molecule has 2 heterocycles. The standard InChI is InChI=1S/C16H31N3O2/c1-16(2,19-10-12-21-13-11-19)14-17-15(20)18-8-6-4-3-5-7-9-18/h3-14H2,1-2H3,(H,17,20). The molecule has 2 aliphatic rings. The van der Waals surface area contributed by atoms with Gasteiger partial charge in [-0.25, -0.2) is 4.79 Å². The summed E-state index contributed by atoms with van der Waals surface area (Å²) in [4.78, 5) is 16.8. The van der Waals surface area contributed by atoms with Crippen LogP contribution in [0.4, 0.5) is 4.79 Å². The Morgan fingerprint density at radius 1 is 1.00 bits per heavy atom. The van der Waals surface area contributed by atoms with Crippen LogP contribution in [0.2, 0.25) is 0 Å². The highest BCUT2D eigenvalue weighted by Gasteiger charge is 2.29. The third-order valence-corrected chi connectivity index (χ3v) is 4.68. The van der Waals surface area contributed by atoms with E-state index in [1.807, 2.05) is 4.90 Å². The number of likely N-dealkylation sites (tertiary alicyclic amines) is 1. The van der Waals surface area contributed by atoms with Crippen LogP contribution in [0.15, 0.2) is 0 Å². The molecule has 2 saturated heterocycles. The second kappa shape index (κ2) is 7.99. The molecule has 5 nitrogen and oxygen atoms in total. The fraction of sp³-hybridized carbons (Fsp3) is 0.938. The molecule has 0 unspecified atom stereocenters. The molecular weight excluding hydrogens is 266 g/mol. The first-order chi connectivity index (χ1) is 10.1. The minimum absolute atomic E-state index is 0.0117. The average molecular weight is 297 g/mol. The van der Waals surface area contributed by atoms with Gasteiger partial charge in [-0.05, 0) is 26.7 Å². The summed E-state index contributed by atoms with van der Waals surface area (Å²) in [5.41, 5.74) is -0.0117. The molecule has 0 saturated carbocycles. The minimum Gasteiger partial charge on any atom is -0.379 e. The number of carbonyl (C=O) groups excluding carboxylic acids is 1. The van der Waals surface area contributed by atoms with E-state index in [2.05, 4.69) is 24.1 Å². The second-order valence-electron chi connectivity index (χ2n) is 6.83. The lowest BCUT2D eigenvalue weighted by molar-refractivity contribution is -0.00906. The number of nitrogens with one attached hydrogen (secondary N) is 1. The SMILES string of the molecule is CC(C)(CNC(=O)N1CCCCCCC1)N1CCOCC1. The Morgan fingerprint density at radius 2 is 1.57 bits per heavy atom. The molecule has 0 aromatic rings. The zero-order valence-corrected chi connectivity index (χ0v) is 13.7. The van der Waals surface area contributed by atoms with Crippen molar-refractivity contribution in [2.24, 2.45) is 0 Å². The number of morpholine rings is 1. The molecule has 2 amide bonds. The van der Waals surface area contributed by atoms with E-state index in [-0.39, 0.29) is 11.6 Å². The van der Waals surface area contributed by atoms with Crippen LogP contribution < -0.4 is 5.32 Å². The van der Waals surface area contributed by atoms with Gasteiger partial charge in [0.05, 0.1) is 13.2 Å². The van der Waals surface area contributed by atoms with Crippen LogP contribution in [0.5, 0.6) is 0 Å². The van der Waals surface area contributed by atoms with Crippen LogP contribution in [0.3, 0.4) is 0 Å². The number of rotatable bonds is 3. The molecule has 2 rings (SSSR count). The highest BCUT2D eigenvalue weighted by Crippen LogP contribution is 2.16. The predicted octanol–water partition coefficient (Wildman–Crippen LogP) is 2.07. The van der Waals surface area contributed by atoms with E-state index in [4.69, 9.17) is 4.74 Å². The third kappa shape index (κ3) is 5.15. The summed E-state index contributed by atoms with van der Waals surface area (Å²) in [6.07, 6.45) is 6.10. The molecular formula is C16H31N3O2. The van der Waals surface area contributed by atoms with Crippen molar-refractivity contribution in [3.05, 3.63) is 0 Å². The topological polar surface area (TPSA) is 44.8 Å². The molecule has 2 aliphatic heterocycles. The van der Waals surface area contributed by atoms with Gasteiger partial charge in [0.2, 0.25) is 0 Å². The van der Waals surface area contributed by atoms with Crippen molar-refractivity contribution in [3.63, 3.8) is 0 Å². The summed E-state index contributed by atoms with van der Waals surface area (Å²) in [7, 11) is 0. The maximum atomic E-state index is 12.4. The van der Waals surface area contributed by atoms with Crippen molar-refractivity contribution >= 4 is 6.03 Å². The smallest absolute Gasteiger partial charge is 0.317 e. The number of amides is 2. The van der Waals surface area contributed by atoms with Crippen molar-refractivity contribution in [3.8, 4) is 0 Å². The molecule has 0 spiro atoms. The predicted molar refractivity (Wildman–Crippen MR) is 84.5 cm³/mol. The van der Waals surface area contributed by atoms with Crippen molar-refractivity contribution in [2.45, 2.75) is 51.5 Å². The van der Waals surface area contributed by atoms with E-state index >= 15 is 0 Å². The summed E-state index contributed by atoms with van der Waals surface area (Å²) >= 11 is 0. The first kappa shape index (κ1) is 16.6. The Labute approximate surface area is 129 Å². The lowest BCUT2D eigenvalue weighted by Gasteiger charge is -2.41. The zero-order chi connectivity index (χ0) is 15.1. The monoisotopic (exact) mass is 297 g/mol. The van der Waals surface area contributed by atoms with Gasteiger partial charge < -0.3 is 15.0 Å². The Hall–Kier alpha value is -0.810. The Balaban J connectivity index is 1.78. The lowest BCUT2D eigenvalue weighted by atomic mass is 10.0. The molecule has 2 fully saturated rings. The first-order valence-corrected chi connectivity index (χ1v) is 8.45. The molecule has 122 valence electrons. The molecule has 21 heavy (non-hydrogen) atoms. The summed E-state index contributed by atoms with van der Waals surface area (Å²) < 4.78 is 5.40. The van der Waals surface area contributed by atoms with Crippen molar-refractivity contribution in [1.82, 2.24) is 15.1 Å². The molecule has 0 aromatic carbocycles. The molecule has 0 radical (unpaired) electrons. The number of nitrogens with zero attached hydrogens (tertiary/aromatic N) is 2. The van der Waals surface area contributed by atoms with Gasteiger partial charge in [0.25, 0.3) is 0 Å². The van der Waals surface area contributed by atoms with Gasteiger partial charge in [-0.15, -0.1) is 0 Å². The lowest BCUT2D eigenvalue weighted by Crippen LogP contribution is -2.56. The number of ether oxygens (including phenoxy) is 1. The van der Waals surface area contributed by atoms with Crippen LogP contribution in [0.25, 0.3) is 0 Å². The van der Waals surface area contributed by atoms with Crippen LogP contribution in [-0.4, -0.2) is 67.3 Å². The van der Waals surface area contributed by atoms with Gasteiger partial charge in [0, 0.05) is 38.3 Å². The van der Waals surface area contributed by atoms with Crippen molar-refractivity contribution in [1.29, 1.82) is 0 Å². The fourth-order valence-corrected chi connectivity index (χ4v) is 3.13. The van der Waals surface area contributed by atoms with Crippen LogP contribution >= 0.6 is 0 Å². The Kier molecular flexibility index (Phi) is 6.30. The van der Waals surface area contributed by atoms with Crippen LogP contribution in [-0.2, 0) is 4.74 Å². The number of hydrogen-bond donors (Lipinski definition) is 1. The van der Waals surface area contributed by atoms with E-state index in [1.54, 1.807) is 0 Å². The van der Waals surface area contributed by atoms with Gasteiger partial charge in [-0.3, -0.25) is 4.90 Å². The van der Waals surface area contributed by atoms with Gasteiger partial charge in [-0.1, -0.05) is 19.3 Å². The second-order valence-corrected chi connectivity index (χ2v) is 6.83. The highest BCUT2D eigenvalue weighted by atomic mass is 16.5. The maximum Gasteiger partial charge on any atom is 0.317 e. The van der Waals surface area contributed by atoms with Crippen LogP contribution in [0, 0.1) is 0 Å². The van der Waals surface area contributed by atoms with Gasteiger partial charge in [-0.2, -0.15) is 0 Å². The largest absolute Gasteiger partial charge is 0.379 e. The number of hydrogen-bond acceptors (Lipinski definition) is 3. The fourth-order valence-electron chi connectivity index (χ4n) is 3.13. The highest BCUT2D eigenvalue weighted by molar-refractivity contribution is 5.74. The van der Waals surface area contributed by atoms with Crippen LogP contribution in [0.1, 0.15) is 46.0 Å². The van der Waals surface area contributed by atoms with Gasteiger partial charge in [0.15, 0.2) is 0 Å². The van der Waals surface area contributed by atoms with Gasteiger partial charge in [0.1, 0.15) is 0 Å². The number of urea groups is 1. The molecule has 0 aliphatic carbocycles. The quantitative estimate of drug-likeness (QED) is 0.867. The minimum atomic E-state index is -0.0117. The Bertz CT molecular complexity index is 319. The summed E-state index contributed by atoms with van der Waals surface area (Å²) in [6, 6.07) is 0.109. The molecule has 1 N–H and O–H groups in total. The summed E-state index contributed by atoms with van der Waals surface area (Å²) in [5.74, 6) is 0. The molecule has 5 heteroatoms. The first-order valence-electron chi connectivity index (χ1n) is 8.45. The van der Waals surface area contributed by atoms with Gasteiger partial charge >= 0.3 is 6.03 Å². The molecule has 0 aromatic heterocycles. The van der Waals surface area contributed by atoms with E-state index < -0.39 is 0 Å². The van der Waals surface area contributed by atoms with E-state index in [1.165, 1.54) is 19.3 Å². The summed E-state index contributed by atoms with van der Waals surface area (Å²) in [5, 5.41) is 3.14. The van der Waals surface area contributed by atoms with E-state index in [0.29, 0.717) is 6.54 Å². The average Bonchev–Trinajstić information content (AvgIpc) is 2.45. The molecule has 0 bridgehead atoms. The normalized spacial score (nSPS) is 22.5. The summed E-state index contributed by atoms with van der Waals surface area (Å²) in [6.45, 7) is 10.4. The maximum absolute atomic E-state index is 12.4. The Morgan fingerprint density at radius 3 is 2.19 bits per heavy atom.